The van der Waals surface area contributed by atoms with Crippen molar-refractivity contribution >= 4 is 23.1 Å². The number of hydrogen-bond donors (Lipinski definition) is 1. The monoisotopic (exact) mass is 423 g/mol. The Morgan fingerprint density at radius 3 is 2.73 bits per heavy atom. The summed E-state index contributed by atoms with van der Waals surface area (Å²) in [6.45, 7) is 3.07. The van der Waals surface area contributed by atoms with Crippen molar-refractivity contribution in [2.75, 3.05) is 18.9 Å². The summed E-state index contributed by atoms with van der Waals surface area (Å²) >= 11 is 1.68. The minimum atomic E-state index is -0.0431. The van der Waals surface area contributed by atoms with Gasteiger partial charge in [-0.2, -0.15) is 5.10 Å². The van der Waals surface area contributed by atoms with Gasteiger partial charge >= 0.3 is 0 Å². The first-order chi connectivity index (χ1) is 14.6. The number of anilines is 1. The van der Waals surface area contributed by atoms with Gasteiger partial charge in [0.05, 0.1) is 28.6 Å². The zero-order valence-corrected chi connectivity index (χ0v) is 18.5. The van der Waals surface area contributed by atoms with E-state index in [9.17, 15) is 4.79 Å². The summed E-state index contributed by atoms with van der Waals surface area (Å²) in [6, 6.07) is 12.0. The molecule has 1 N–H and O–H groups in total. The fourth-order valence-electron chi connectivity index (χ4n) is 4.02. The Labute approximate surface area is 181 Å². The highest BCUT2D eigenvalue weighted by atomic mass is 32.1. The summed E-state index contributed by atoms with van der Waals surface area (Å²) in [7, 11) is 1.95. The predicted molar refractivity (Wildman–Crippen MR) is 121 cm³/mol. The zero-order chi connectivity index (χ0) is 20.9. The molecule has 1 aliphatic carbocycles. The molecule has 7 heteroatoms. The van der Waals surface area contributed by atoms with Crippen LogP contribution >= 0.6 is 11.3 Å². The molecule has 3 aromatic rings. The zero-order valence-electron chi connectivity index (χ0n) is 17.7. The van der Waals surface area contributed by atoms with Crippen LogP contribution in [0.5, 0.6) is 0 Å². The van der Waals surface area contributed by atoms with Crippen LogP contribution in [-0.4, -0.2) is 39.2 Å². The van der Waals surface area contributed by atoms with Crippen LogP contribution in [0, 0.1) is 0 Å². The van der Waals surface area contributed by atoms with Gasteiger partial charge in [-0.1, -0.05) is 38.0 Å². The van der Waals surface area contributed by atoms with Gasteiger partial charge in [-0.15, -0.1) is 11.3 Å². The second-order valence-electron chi connectivity index (χ2n) is 7.99. The molecule has 30 heavy (non-hydrogen) atoms. The van der Waals surface area contributed by atoms with Crippen molar-refractivity contribution in [1.29, 1.82) is 0 Å². The fourth-order valence-corrected chi connectivity index (χ4v) is 4.76. The molecule has 1 saturated carbocycles. The average molecular weight is 424 g/mol. The molecule has 158 valence electrons. The molecule has 0 radical (unpaired) electrons. The molecule has 6 nitrogen and oxygen atoms in total. The van der Waals surface area contributed by atoms with E-state index in [1.54, 1.807) is 11.3 Å². The van der Waals surface area contributed by atoms with Gasteiger partial charge < -0.3 is 5.32 Å². The number of carbonyl (C=O) groups excluding carboxylic acids is 1. The summed E-state index contributed by atoms with van der Waals surface area (Å²) < 4.78 is 1.86. The third-order valence-electron chi connectivity index (χ3n) is 5.52. The highest BCUT2D eigenvalue weighted by molar-refractivity contribution is 7.09. The van der Waals surface area contributed by atoms with Crippen LogP contribution < -0.4 is 5.32 Å². The molecule has 0 unspecified atom stereocenters. The maximum Gasteiger partial charge on any atom is 0.239 e. The van der Waals surface area contributed by atoms with E-state index in [0.717, 1.165) is 34.3 Å². The predicted octanol–water partition coefficient (Wildman–Crippen LogP) is 4.62. The smallest absolute Gasteiger partial charge is 0.239 e. The Hall–Kier alpha value is -2.51. The summed E-state index contributed by atoms with van der Waals surface area (Å²) in [4.78, 5) is 19.4. The van der Waals surface area contributed by atoms with E-state index in [1.807, 2.05) is 47.0 Å². The van der Waals surface area contributed by atoms with Crippen LogP contribution in [0.1, 0.15) is 54.9 Å². The van der Waals surface area contributed by atoms with Crippen molar-refractivity contribution in [1.82, 2.24) is 19.7 Å². The van der Waals surface area contributed by atoms with E-state index >= 15 is 0 Å². The van der Waals surface area contributed by atoms with Gasteiger partial charge in [0.1, 0.15) is 5.82 Å². The molecule has 0 saturated heterocycles. The highest BCUT2D eigenvalue weighted by Gasteiger charge is 2.22. The molecule has 1 aromatic carbocycles. The Balaban J connectivity index is 1.46. The van der Waals surface area contributed by atoms with Gasteiger partial charge in [0.25, 0.3) is 0 Å². The number of para-hydroxylation sites is 1. The average Bonchev–Trinajstić information content (AvgIpc) is 3.49. The SMILES string of the molecule is CCc1nc(CN(C)CC(=O)Nc2cc(C3CCCC3)nn2-c2ccccc2)cs1. The summed E-state index contributed by atoms with van der Waals surface area (Å²) in [5.74, 6) is 1.19. The van der Waals surface area contributed by atoms with Crippen molar-refractivity contribution in [3.63, 3.8) is 0 Å². The summed E-state index contributed by atoms with van der Waals surface area (Å²) in [5, 5.41) is 11.2. The van der Waals surface area contributed by atoms with E-state index in [2.05, 4.69) is 28.7 Å². The standard InChI is InChI=1S/C23H29N5OS/c1-3-23-24-18(16-30-23)14-27(2)15-22(29)25-21-13-20(17-9-7-8-10-17)26-28(21)19-11-5-4-6-12-19/h4-6,11-13,16-17H,3,7-10,14-15H2,1-2H3,(H,25,29). The lowest BCUT2D eigenvalue weighted by molar-refractivity contribution is -0.117. The molecule has 1 fully saturated rings. The van der Waals surface area contributed by atoms with Gasteiger partial charge in [0.15, 0.2) is 0 Å². The molecular formula is C23H29N5OS. The van der Waals surface area contributed by atoms with Crippen LogP contribution in [0.3, 0.4) is 0 Å². The highest BCUT2D eigenvalue weighted by Crippen LogP contribution is 2.35. The molecular weight excluding hydrogens is 394 g/mol. The number of carbonyl (C=O) groups is 1. The molecule has 0 bridgehead atoms. The largest absolute Gasteiger partial charge is 0.309 e. The van der Waals surface area contributed by atoms with Crippen LogP contribution in [0.15, 0.2) is 41.8 Å². The summed E-state index contributed by atoms with van der Waals surface area (Å²) in [5.41, 5.74) is 3.06. The third-order valence-corrected chi connectivity index (χ3v) is 6.56. The first kappa shape index (κ1) is 20.8. The Morgan fingerprint density at radius 2 is 2.03 bits per heavy atom. The van der Waals surface area contributed by atoms with Crippen LogP contribution in [0.2, 0.25) is 0 Å². The van der Waals surface area contributed by atoms with Crippen molar-refractivity contribution in [3.05, 3.63) is 58.2 Å². The summed E-state index contributed by atoms with van der Waals surface area (Å²) in [6.07, 6.45) is 5.81. The van der Waals surface area contributed by atoms with Gasteiger partial charge in [-0.25, -0.2) is 9.67 Å². The maximum atomic E-state index is 12.8. The van der Waals surface area contributed by atoms with Crippen molar-refractivity contribution in [2.45, 2.75) is 51.5 Å². The number of aromatic nitrogens is 3. The number of aryl methyl sites for hydroxylation is 1. The number of hydrogen-bond acceptors (Lipinski definition) is 5. The topological polar surface area (TPSA) is 63.1 Å². The number of thiazole rings is 1. The van der Waals surface area contributed by atoms with Crippen molar-refractivity contribution in [3.8, 4) is 5.69 Å². The van der Waals surface area contributed by atoms with Crippen molar-refractivity contribution in [2.24, 2.45) is 0 Å². The number of nitrogens with one attached hydrogen (secondary N) is 1. The Bertz CT molecular complexity index is 975. The van der Waals surface area contributed by atoms with Gasteiger partial charge in [-0.3, -0.25) is 9.69 Å². The van der Waals surface area contributed by atoms with Crippen LogP contribution in [0.25, 0.3) is 5.69 Å². The molecule has 4 rings (SSSR count). The minimum absolute atomic E-state index is 0.0431. The van der Waals surface area contributed by atoms with Gasteiger partial charge in [0.2, 0.25) is 5.91 Å². The van der Waals surface area contributed by atoms with Gasteiger partial charge in [-0.05, 0) is 38.4 Å². The van der Waals surface area contributed by atoms with E-state index in [0.29, 0.717) is 19.0 Å². The molecule has 2 heterocycles. The Morgan fingerprint density at radius 1 is 1.27 bits per heavy atom. The number of nitrogens with zero attached hydrogens (tertiary/aromatic N) is 4. The van der Waals surface area contributed by atoms with Crippen LogP contribution in [0.4, 0.5) is 5.82 Å². The van der Waals surface area contributed by atoms with E-state index in [-0.39, 0.29) is 5.91 Å². The molecule has 0 spiro atoms. The van der Waals surface area contributed by atoms with E-state index < -0.39 is 0 Å². The minimum Gasteiger partial charge on any atom is -0.309 e. The second-order valence-corrected chi connectivity index (χ2v) is 8.93. The molecule has 0 atom stereocenters. The van der Waals surface area contributed by atoms with Crippen LogP contribution in [-0.2, 0) is 17.8 Å². The first-order valence-electron chi connectivity index (χ1n) is 10.7. The third kappa shape index (κ3) is 4.96. The maximum absolute atomic E-state index is 12.8. The van der Waals surface area contributed by atoms with Crippen molar-refractivity contribution < 1.29 is 4.79 Å². The normalized spacial score (nSPS) is 14.5. The van der Waals surface area contributed by atoms with E-state index in [4.69, 9.17) is 5.10 Å². The molecule has 1 amide bonds. The quantitative estimate of drug-likeness (QED) is 0.574. The second kappa shape index (κ2) is 9.53. The Kier molecular flexibility index (Phi) is 6.59. The number of benzene rings is 1. The number of likely N-dealkylation sites (N-methyl/N-ethyl adjacent to an activating group) is 1. The lowest BCUT2D eigenvalue weighted by Crippen LogP contribution is -2.30. The lowest BCUT2D eigenvalue weighted by atomic mass is 10.0. The lowest BCUT2D eigenvalue weighted by Gasteiger charge is -2.15. The molecule has 0 aliphatic heterocycles. The van der Waals surface area contributed by atoms with Gasteiger partial charge in [0, 0.05) is 23.9 Å². The first-order valence-corrected chi connectivity index (χ1v) is 11.6. The molecule has 1 aliphatic rings. The van der Waals surface area contributed by atoms with E-state index in [1.165, 1.54) is 25.7 Å². The number of rotatable bonds is 8. The number of amides is 1. The molecule has 2 aromatic heterocycles. The fraction of sp³-hybridized carbons (Fsp3) is 0.435.